The van der Waals surface area contributed by atoms with E-state index in [1.165, 1.54) is 24.1 Å². The molecule has 0 atom stereocenters. The third-order valence-corrected chi connectivity index (χ3v) is 3.83. The number of carbonyl (C=O) groups excluding carboxylic acids is 2. The van der Waals surface area contributed by atoms with Crippen molar-refractivity contribution < 1.29 is 14.7 Å². The number of carbonyl (C=O) groups is 2. The number of hydrogen-bond acceptors (Lipinski definition) is 4. The zero-order chi connectivity index (χ0) is 14.2. The molecule has 1 aromatic carbocycles. The van der Waals surface area contributed by atoms with E-state index in [-0.39, 0.29) is 16.4 Å². The number of amides is 2. The second-order valence-corrected chi connectivity index (χ2v) is 5.44. The van der Waals surface area contributed by atoms with Crippen LogP contribution in [0.2, 0.25) is 0 Å². The summed E-state index contributed by atoms with van der Waals surface area (Å²) in [6.07, 6.45) is 1.47. The van der Waals surface area contributed by atoms with Crippen LogP contribution in [0.4, 0.5) is 0 Å². The third kappa shape index (κ3) is 2.76. The number of aromatic hydroxyl groups is 1. The maximum Gasteiger partial charge on any atom is 0.265 e. The molecule has 0 aliphatic carbocycles. The van der Waals surface area contributed by atoms with Crippen LogP contribution in [0.15, 0.2) is 23.8 Å². The normalized spacial score (nSPS) is 17.9. The van der Waals surface area contributed by atoms with E-state index in [2.05, 4.69) is 5.32 Å². The van der Waals surface area contributed by atoms with Crippen molar-refractivity contribution in [2.45, 2.75) is 0 Å². The Balaban J connectivity index is 2.41. The molecule has 0 saturated carbocycles. The van der Waals surface area contributed by atoms with Gasteiger partial charge in [0, 0.05) is 7.05 Å². The van der Waals surface area contributed by atoms with Gasteiger partial charge in [0.1, 0.15) is 11.3 Å². The van der Waals surface area contributed by atoms with E-state index in [9.17, 15) is 14.7 Å². The molecule has 0 unspecified atom stereocenters. The van der Waals surface area contributed by atoms with Crippen molar-refractivity contribution in [1.29, 1.82) is 0 Å². The molecule has 0 spiro atoms. The van der Waals surface area contributed by atoms with Crippen molar-refractivity contribution in [3.63, 3.8) is 0 Å². The number of rotatable bonds is 1. The van der Waals surface area contributed by atoms with E-state index >= 15 is 0 Å². The predicted octanol–water partition coefficient (Wildman–Crippen LogP) is 1.25. The second kappa shape index (κ2) is 5.25. The fourth-order valence-electron chi connectivity index (χ4n) is 1.53. The number of nitrogens with zero attached hydrogens (tertiary/aromatic N) is 1. The molecule has 19 heavy (non-hydrogen) atoms. The molecule has 1 saturated heterocycles. The summed E-state index contributed by atoms with van der Waals surface area (Å²) in [5.41, 5.74) is 0.666. The number of phenolic OH excluding ortho intramolecular Hbond substituents is 1. The first kappa shape index (κ1) is 13.9. The highest BCUT2D eigenvalue weighted by Crippen LogP contribution is 2.22. The van der Waals surface area contributed by atoms with Crippen LogP contribution >= 0.6 is 34.8 Å². The highest BCUT2D eigenvalue weighted by molar-refractivity contribution is 14.1. The maximum atomic E-state index is 12.0. The van der Waals surface area contributed by atoms with Crippen LogP contribution in [-0.4, -0.2) is 34.0 Å². The fourth-order valence-corrected chi connectivity index (χ4v) is 2.24. The molecular weight excluding hydrogens is 379 g/mol. The van der Waals surface area contributed by atoms with Crippen LogP contribution in [0, 0.1) is 3.57 Å². The monoisotopic (exact) mass is 388 g/mol. The van der Waals surface area contributed by atoms with Gasteiger partial charge in [-0.15, -0.1) is 0 Å². The highest BCUT2D eigenvalue weighted by atomic mass is 127. The Labute approximate surface area is 128 Å². The zero-order valence-electron chi connectivity index (χ0n) is 9.81. The Morgan fingerprint density at radius 1 is 1.42 bits per heavy atom. The number of thiocarbonyl (C=S) groups is 1. The molecule has 2 amide bonds. The molecule has 1 fully saturated rings. The van der Waals surface area contributed by atoms with Gasteiger partial charge in [-0.05, 0) is 58.6 Å². The van der Waals surface area contributed by atoms with E-state index in [0.717, 1.165) is 0 Å². The van der Waals surface area contributed by atoms with E-state index in [0.29, 0.717) is 9.13 Å². The summed E-state index contributed by atoms with van der Waals surface area (Å²) in [6, 6.07) is 4.81. The Hall–Kier alpha value is -1.48. The van der Waals surface area contributed by atoms with Crippen LogP contribution in [0.5, 0.6) is 5.75 Å². The van der Waals surface area contributed by atoms with Gasteiger partial charge in [0.15, 0.2) is 5.11 Å². The summed E-state index contributed by atoms with van der Waals surface area (Å²) in [7, 11) is 1.50. The number of benzene rings is 1. The van der Waals surface area contributed by atoms with Gasteiger partial charge in [-0.3, -0.25) is 19.8 Å². The molecule has 2 rings (SSSR count). The molecule has 7 heteroatoms. The number of nitrogens with one attached hydrogen (secondary N) is 1. The van der Waals surface area contributed by atoms with E-state index in [1.54, 1.807) is 12.1 Å². The molecule has 1 aromatic rings. The van der Waals surface area contributed by atoms with Gasteiger partial charge < -0.3 is 5.11 Å². The van der Waals surface area contributed by atoms with Crippen LogP contribution in [0.25, 0.3) is 6.08 Å². The van der Waals surface area contributed by atoms with Crippen LogP contribution in [-0.2, 0) is 9.59 Å². The smallest absolute Gasteiger partial charge is 0.265 e. The van der Waals surface area contributed by atoms with Crippen molar-refractivity contribution in [3.05, 3.63) is 32.9 Å². The minimum Gasteiger partial charge on any atom is -0.507 e. The third-order valence-electron chi connectivity index (χ3n) is 2.59. The van der Waals surface area contributed by atoms with Crippen molar-refractivity contribution in [2.24, 2.45) is 0 Å². The first-order chi connectivity index (χ1) is 8.90. The first-order valence-electron chi connectivity index (χ1n) is 5.23. The SMILES string of the molecule is CN1C(=O)/C(=C/c2ccc(O)c(I)c2)C(=O)NC1=S. The number of hydrogen-bond donors (Lipinski definition) is 2. The lowest BCUT2D eigenvalue weighted by molar-refractivity contribution is -0.128. The molecule has 98 valence electrons. The van der Waals surface area contributed by atoms with Crippen molar-refractivity contribution >= 4 is 57.8 Å². The highest BCUT2D eigenvalue weighted by Gasteiger charge is 2.30. The quantitative estimate of drug-likeness (QED) is 0.329. The lowest BCUT2D eigenvalue weighted by Gasteiger charge is -2.25. The van der Waals surface area contributed by atoms with Gasteiger partial charge in [0.2, 0.25) is 0 Å². The summed E-state index contributed by atoms with van der Waals surface area (Å²) in [5.74, 6) is -0.812. The van der Waals surface area contributed by atoms with Crippen molar-refractivity contribution in [3.8, 4) is 5.75 Å². The molecular formula is C12H9IN2O3S. The second-order valence-electron chi connectivity index (χ2n) is 3.89. The standard InChI is InChI=1S/C12H9IN2O3S/c1-15-11(18)7(10(17)14-12(15)19)4-6-2-3-9(16)8(13)5-6/h2-5,16H,1H3,(H,14,17,19)/b7-4+. The van der Waals surface area contributed by atoms with Gasteiger partial charge in [-0.25, -0.2) is 0 Å². The van der Waals surface area contributed by atoms with Crippen molar-refractivity contribution in [2.75, 3.05) is 7.05 Å². The minimum atomic E-state index is -0.517. The largest absolute Gasteiger partial charge is 0.507 e. The number of halogens is 1. The summed E-state index contributed by atoms with van der Waals surface area (Å²) in [4.78, 5) is 24.9. The Bertz CT molecular complexity index is 627. The zero-order valence-corrected chi connectivity index (χ0v) is 12.8. The summed E-state index contributed by atoms with van der Waals surface area (Å²) in [6.45, 7) is 0. The van der Waals surface area contributed by atoms with Gasteiger partial charge in [0.05, 0.1) is 3.57 Å². The Morgan fingerprint density at radius 2 is 2.11 bits per heavy atom. The number of likely N-dealkylation sites (N-methyl/N-ethyl adjacent to an activating group) is 1. The summed E-state index contributed by atoms with van der Waals surface area (Å²) < 4.78 is 0.638. The lowest BCUT2D eigenvalue weighted by atomic mass is 10.1. The molecule has 0 bridgehead atoms. The van der Waals surface area contributed by atoms with E-state index in [4.69, 9.17) is 12.2 Å². The van der Waals surface area contributed by atoms with Gasteiger partial charge in [0.25, 0.3) is 11.8 Å². The summed E-state index contributed by atoms with van der Waals surface area (Å²) in [5, 5.41) is 12.0. The average Bonchev–Trinajstić information content (AvgIpc) is 2.36. The molecule has 1 heterocycles. The van der Waals surface area contributed by atoms with E-state index in [1.807, 2.05) is 22.6 Å². The number of phenols is 1. The molecule has 1 aliphatic heterocycles. The molecule has 0 aromatic heterocycles. The average molecular weight is 388 g/mol. The maximum absolute atomic E-state index is 12.0. The summed E-state index contributed by atoms with van der Waals surface area (Å²) >= 11 is 6.82. The van der Waals surface area contributed by atoms with Crippen molar-refractivity contribution in [1.82, 2.24) is 10.2 Å². The topological polar surface area (TPSA) is 69.6 Å². The fraction of sp³-hybridized carbons (Fsp3) is 0.0833. The molecule has 1 aliphatic rings. The van der Waals surface area contributed by atoms with Crippen LogP contribution in [0.1, 0.15) is 5.56 Å². The van der Waals surface area contributed by atoms with Gasteiger partial charge in [-0.1, -0.05) is 6.07 Å². The molecule has 5 nitrogen and oxygen atoms in total. The first-order valence-corrected chi connectivity index (χ1v) is 6.72. The predicted molar refractivity (Wildman–Crippen MR) is 82.3 cm³/mol. The van der Waals surface area contributed by atoms with Crippen LogP contribution in [0.3, 0.4) is 0 Å². The Morgan fingerprint density at radius 3 is 2.74 bits per heavy atom. The Kier molecular flexibility index (Phi) is 3.85. The molecule has 0 radical (unpaired) electrons. The van der Waals surface area contributed by atoms with Gasteiger partial charge in [-0.2, -0.15) is 0 Å². The molecule has 2 N–H and O–H groups in total. The van der Waals surface area contributed by atoms with Gasteiger partial charge >= 0.3 is 0 Å². The lowest BCUT2D eigenvalue weighted by Crippen LogP contribution is -2.52. The van der Waals surface area contributed by atoms with Crippen LogP contribution < -0.4 is 5.32 Å². The minimum absolute atomic E-state index is 0.0117. The van der Waals surface area contributed by atoms with E-state index < -0.39 is 11.8 Å².